The van der Waals surface area contributed by atoms with E-state index in [0.717, 1.165) is 5.56 Å². The first-order valence-corrected chi connectivity index (χ1v) is 6.59. The second-order valence-electron chi connectivity index (χ2n) is 4.26. The van der Waals surface area contributed by atoms with Crippen molar-refractivity contribution in [2.75, 3.05) is 21.3 Å². The molecule has 0 aliphatic carbocycles. The number of hydrazone groups is 1. The second-order valence-corrected chi connectivity index (χ2v) is 4.26. The molecule has 1 aromatic heterocycles. The third kappa shape index (κ3) is 4.16. The molecular weight excluding hydrogens is 300 g/mol. The number of hydrogen-bond donors (Lipinski definition) is 1. The van der Waals surface area contributed by atoms with E-state index in [1.54, 1.807) is 32.4 Å². The minimum Gasteiger partial charge on any atom is -0.493 e. The smallest absolute Gasteiger partial charge is 0.291 e. The summed E-state index contributed by atoms with van der Waals surface area (Å²) in [4.78, 5) is 19.7. The van der Waals surface area contributed by atoms with Crippen LogP contribution in [0.3, 0.4) is 0 Å². The van der Waals surface area contributed by atoms with Gasteiger partial charge in [0.15, 0.2) is 17.2 Å². The number of hydrogen-bond acceptors (Lipinski definition) is 7. The Morgan fingerprint density at radius 2 is 1.91 bits per heavy atom. The van der Waals surface area contributed by atoms with Crippen LogP contribution in [0.25, 0.3) is 0 Å². The van der Waals surface area contributed by atoms with Crippen molar-refractivity contribution >= 4 is 12.1 Å². The van der Waals surface area contributed by atoms with Crippen molar-refractivity contribution in [2.45, 2.75) is 0 Å². The molecule has 0 spiro atoms. The van der Waals surface area contributed by atoms with Crippen LogP contribution in [0.5, 0.6) is 17.4 Å². The largest absolute Gasteiger partial charge is 0.493 e. The molecule has 0 saturated heterocycles. The lowest BCUT2D eigenvalue weighted by Crippen LogP contribution is -2.19. The predicted molar refractivity (Wildman–Crippen MR) is 83.2 cm³/mol. The van der Waals surface area contributed by atoms with Crippen molar-refractivity contribution < 1.29 is 19.0 Å². The van der Waals surface area contributed by atoms with Gasteiger partial charge in [0.1, 0.15) is 0 Å². The molecule has 120 valence electrons. The van der Waals surface area contributed by atoms with Gasteiger partial charge in [0.2, 0.25) is 5.88 Å². The first kappa shape index (κ1) is 16.2. The summed E-state index contributed by atoms with van der Waals surface area (Å²) >= 11 is 0. The zero-order valence-corrected chi connectivity index (χ0v) is 12.9. The van der Waals surface area contributed by atoms with Gasteiger partial charge in [-0.15, -0.1) is 0 Å². The maximum absolute atomic E-state index is 11.9. The lowest BCUT2D eigenvalue weighted by Gasteiger charge is -2.07. The molecule has 0 unspecified atom stereocenters. The van der Waals surface area contributed by atoms with Gasteiger partial charge in [0.25, 0.3) is 5.91 Å². The number of ether oxygens (including phenoxy) is 3. The molecule has 8 heteroatoms. The van der Waals surface area contributed by atoms with Gasteiger partial charge in [-0.05, 0) is 23.8 Å². The van der Waals surface area contributed by atoms with E-state index in [0.29, 0.717) is 11.5 Å². The Bertz CT molecular complexity index is 718. The Balaban J connectivity index is 2.04. The van der Waals surface area contributed by atoms with Gasteiger partial charge in [-0.3, -0.25) is 9.78 Å². The summed E-state index contributed by atoms with van der Waals surface area (Å²) in [5.74, 6) is 0.941. The van der Waals surface area contributed by atoms with Crippen molar-refractivity contribution in [3.8, 4) is 17.4 Å². The van der Waals surface area contributed by atoms with Crippen LogP contribution < -0.4 is 19.6 Å². The van der Waals surface area contributed by atoms with Gasteiger partial charge in [0.05, 0.1) is 39.9 Å². The normalized spacial score (nSPS) is 10.4. The molecule has 0 bridgehead atoms. The summed E-state index contributed by atoms with van der Waals surface area (Å²) in [5, 5.41) is 3.87. The lowest BCUT2D eigenvalue weighted by atomic mass is 10.2. The van der Waals surface area contributed by atoms with E-state index in [-0.39, 0.29) is 11.6 Å². The molecule has 0 aliphatic heterocycles. The molecule has 1 aromatic carbocycles. The van der Waals surface area contributed by atoms with E-state index >= 15 is 0 Å². The van der Waals surface area contributed by atoms with Crippen LogP contribution in [0.2, 0.25) is 0 Å². The summed E-state index contributed by atoms with van der Waals surface area (Å²) < 4.78 is 15.2. The molecule has 0 aliphatic rings. The fourth-order valence-corrected chi connectivity index (χ4v) is 1.71. The van der Waals surface area contributed by atoms with Crippen LogP contribution in [0.1, 0.15) is 16.1 Å². The number of amides is 1. The minimum absolute atomic E-state index is 0.105. The molecule has 1 N–H and O–H groups in total. The molecule has 0 atom stereocenters. The second kappa shape index (κ2) is 7.74. The molecule has 0 saturated carbocycles. The summed E-state index contributed by atoms with van der Waals surface area (Å²) in [7, 11) is 4.55. The predicted octanol–water partition coefficient (Wildman–Crippen LogP) is 1.27. The van der Waals surface area contributed by atoms with Crippen LogP contribution in [-0.2, 0) is 0 Å². The van der Waals surface area contributed by atoms with Crippen molar-refractivity contribution in [1.82, 2.24) is 15.4 Å². The topological polar surface area (TPSA) is 94.9 Å². The fraction of sp³-hybridized carbons (Fsp3) is 0.200. The Kier molecular flexibility index (Phi) is 5.45. The number of aromatic nitrogens is 2. The van der Waals surface area contributed by atoms with Crippen LogP contribution in [0.15, 0.2) is 35.7 Å². The van der Waals surface area contributed by atoms with Crippen LogP contribution in [0.4, 0.5) is 0 Å². The van der Waals surface area contributed by atoms with Crippen molar-refractivity contribution in [2.24, 2.45) is 5.10 Å². The van der Waals surface area contributed by atoms with Gasteiger partial charge in [-0.25, -0.2) is 10.4 Å². The maximum Gasteiger partial charge on any atom is 0.291 e. The summed E-state index contributed by atoms with van der Waals surface area (Å²) in [5.41, 5.74) is 3.21. The average molecular weight is 316 g/mol. The van der Waals surface area contributed by atoms with Gasteiger partial charge in [-0.1, -0.05) is 0 Å². The van der Waals surface area contributed by atoms with Gasteiger partial charge >= 0.3 is 0 Å². The molecule has 1 amide bonds. The third-order valence-corrected chi connectivity index (χ3v) is 2.84. The van der Waals surface area contributed by atoms with E-state index < -0.39 is 5.91 Å². The monoisotopic (exact) mass is 316 g/mol. The standard InChI is InChI=1S/C15H16N4O4/c1-21-12-5-4-10(6-13(12)22-2)7-17-19-15(20)11-8-16-9-14(18-11)23-3/h4-9H,1-3H3,(H,19,20). The number of nitrogens with zero attached hydrogens (tertiary/aromatic N) is 3. The third-order valence-electron chi connectivity index (χ3n) is 2.84. The Labute approximate surface area is 133 Å². The minimum atomic E-state index is -0.492. The van der Waals surface area contributed by atoms with E-state index in [4.69, 9.17) is 14.2 Å². The highest BCUT2D eigenvalue weighted by Gasteiger charge is 2.08. The van der Waals surface area contributed by atoms with Gasteiger partial charge < -0.3 is 14.2 Å². The number of rotatable bonds is 6. The Morgan fingerprint density at radius 3 is 2.61 bits per heavy atom. The summed E-state index contributed by atoms with van der Waals surface area (Å²) in [6.07, 6.45) is 4.21. The summed E-state index contributed by atoms with van der Waals surface area (Å²) in [6.45, 7) is 0. The molecule has 2 aromatic rings. The molecule has 0 fully saturated rings. The van der Waals surface area contributed by atoms with Crippen LogP contribution in [0, 0.1) is 0 Å². The van der Waals surface area contributed by atoms with E-state index in [2.05, 4.69) is 20.5 Å². The van der Waals surface area contributed by atoms with Crippen molar-refractivity contribution in [1.29, 1.82) is 0 Å². The first-order chi connectivity index (χ1) is 11.2. The van der Waals surface area contributed by atoms with E-state index in [1.807, 2.05) is 0 Å². The number of carbonyl (C=O) groups is 1. The zero-order chi connectivity index (χ0) is 16.7. The SMILES string of the molecule is COc1cncc(C(=O)NN=Cc2ccc(OC)c(OC)c2)n1. The first-order valence-electron chi connectivity index (χ1n) is 6.59. The van der Waals surface area contributed by atoms with Crippen molar-refractivity contribution in [3.63, 3.8) is 0 Å². The molecule has 2 rings (SSSR count). The molecule has 8 nitrogen and oxygen atoms in total. The Hall–Kier alpha value is -3.16. The highest BCUT2D eigenvalue weighted by molar-refractivity contribution is 5.93. The number of benzene rings is 1. The van der Waals surface area contributed by atoms with Crippen molar-refractivity contribution in [3.05, 3.63) is 41.9 Å². The quantitative estimate of drug-likeness (QED) is 0.637. The molecule has 23 heavy (non-hydrogen) atoms. The maximum atomic E-state index is 11.9. The lowest BCUT2D eigenvalue weighted by molar-refractivity contribution is 0.0949. The van der Waals surface area contributed by atoms with Crippen LogP contribution >= 0.6 is 0 Å². The van der Waals surface area contributed by atoms with E-state index in [9.17, 15) is 4.79 Å². The molecule has 1 heterocycles. The average Bonchev–Trinajstić information content (AvgIpc) is 2.61. The number of carbonyl (C=O) groups excluding carboxylic acids is 1. The highest BCUT2D eigenvalue weighted by atomic mass is 16.5. The number of methoxy groups -OCH3 is 3. The van der Waals surface area contributed by atoms with E-state index in [1.165, 1.54) is 25.7 Å². The molecule has 0 radical (unpaired) electrons. The zero-order valence-electron chi connectivity index (χ0n) is 12.9. The van der Waals surface area contributed by atoms with Gasteiger partial charge in [-0.2, -0.15) is 5.10 Å². The highest BCUT2D eigenvalue weighted by Crippen LogP contribution is 2.26. The fourth-order valence-electron chi connectivity index (χ4n) is 1.71. The van der Waals surface area contributed by atoms with Gasteiger partial charge in [0, 0.05) is 0 Å². The molecular formula is C15H16N4O4. The number of nitrogens with one attached hydrogen (secondary N) is 1. The summed E-state index contributed by atoms with van der Waals surface area (Å²) in [6, 6.07) is 5.26. The van der Waals surface area contributed by atoms with Crippen LogP contribution in [-0.4, -0.2) is 43.4 Å². The Morgan fingerprint density at radius 1 is 1.13 bits per heavy atom.